The van der Waals surface area contributed by atoms with Crippen molar-refractivity contribution in [3.8, 4) is 5.69 Å². The fraction of sp³-hybridized carbons (Fsp3) is 0.391. The first-order valence-corrected chi connectivity index (χ1v) is 13.2. The van der Waals surface area contributed by atoms with E-state index in [0.29, 0.717) is 22.9 Å². The van der Waals surface area contributed by atoms with Crippen LogP contribution in [-0.4, -0.2) is 56.5 Å². The number of carbonyl (C=O) groups excluding carboxylic acids is 1. The number of nitrogens with zero attached hydrogens (tertiary/aromatic N) is 5. The van der Waals surface area contributed by atoms with Crippen molar-refractivity contribution in [1.29, 1.82) is 0 Å². The summed E-state index contributed by atoms with van der Waals surface area (Å²) in [6.07, 6.45) is 2.84. The fourth-order valence-corrected chi connectivity index (χ4v) is 6.77. The molecule has 0 N–H and O–H groups in total. The quantitative estimate of drug-likeness (QED) is 0.207. The van der Waals surface area contributed by atoms with Gasteiger partial charge < -0.3 is 9.64 Å². The van der Waals surface area contributed by atoms with Gasteiger partial charge in [-0.15, -0.1) is 21.5 Å². The zero-order valence-corrected chi connectivity index (χ0v) is 21.3. The molecule has 0 spiro atoms. The normalized spacial score (nSPS) is 14.1. The zero-order chi connectivity index (χ0) is 23.8. The van der Waals surface area contributed by atoms with Crippen LogP contribution in [0.2, 0.25) is 5.02 Å². The molecule has 0 atom stereocenters. The Morgan fingerprint density at radius 2 is 2.03 bits per heavy atom. The number of fused-ring (bicyclic) bond motifs is 5. The Morgan fingerprint density at radius 3 is 2.79 bits per heavy atom. The highest BCUT2D eigenvalue weighted by molar-refractivity contribution is 7.99. The Bertz CT molecular complexity index is 1430. The molecule has 4 heterocycles. The summed E-state index contributed by atoms with van der Waals surface area (Å²) in [6, 6.07) is 7.21. The van der Waals surface area contributed by atoms with Crippen molar-refractivity contribution >= 4 is 56.7 Å². The maximum absolute atomic E-state index is 13.8. The molecule has 5 rings (SSSR count). The van der Waals surface area contributed by atoms with Gasteiger partial charge in [0.15, 0.2) is 5.16 Å². The van der Waals surface area contributed by atoms with Crippen molar-refractivity contribution in [1.82, 2.24) is 24.1 Å². The molecule has 0 unspecified atom stereocenters. The first-order chi connectivity index (χ1) is 16.5. The molecule has 0 aliphatic carbocycles. The van der Waals surface area contributed by atoms with E-state index in [1.54, 1.807) is 39.8 Å². The standard InChI is InChI=1S/C23H24ClN5O3S2/c1-27-11-10-16-17(13-27)34-21-19(16)20(31)28(15-8-6-14(24)7-9-15)22-25-26-23(29(21)22)33-12-4-3-5-18(30)32-2/h6-9H,3-5,10-13H2,1-2H3. The number of thioether (sulfide) groups is 1. The second-order valence-corrected chi connectivity index (χ2v) is 10.9. The molecular formula is C23H24ClN5O3S2. The number of hydrogen-bond donors (Lipinski definition) is 0. The lowest BCUT2D eigenvalue weighted by molar-refractivity contribution is -0.140. The van der Waals surface area contributed by atoms with E-state index in [2.05, 4.69) is 22.1 Å². The molecule has 0 amide bonds. The van der Waals surface area contributed by atoms with Gasteiger partial charge in [0.25, 0.3) is 5.56 Å². The molecule has 0 saturated heterocycles. The molecule has 1 aromatic carbocycles. The van der Waals surface area contributed by atoms with Gasteiger partial charge in [-0.1, -0.05) is 23.4 Å². The molecule has 4 aromatic rings. The van der Waals surface area contributed by atoms with Gasteiger partial charge in [0.2, 0.25) is 5.78 Å². The number of hydrogen-bond acceptors (Lipinski definition) is 8. The molecule has 0 bridgehead atoms. The predicted octanol–water partition coefficient (Wildman–Crippen LogP) is 4.17. The number of thiophene rings is 1. The predicted molar refractivity (Wildman–Crippen MR) is 136 cm³/mol. The van der Waals surface area contributed by atoms with E-state index in [1.807, 2.05) is 16.5 Å². The van der Waals surface area contributed by atoms with Crippen molar-refractivity contribution in [2.45, 2.75) is 37.4 Å². The van der Waals surface area contributed by atoms with Crippen molar-refractivity contribution in [3.05, 3.63) is 50.1 Å². The Kier molecular flexibility index (Phi) is 6.65. The lowest BCUT2D eigenvalue weighted by Crippen LogP contribution is -2.27. The Balaban J connectivity index is 1.62. The second-order valence-electron chi connectivity index (χ2n) is 8.29. The Labute approximate surface area is 209 Å². The first-order valence-electron chi connectivity index (χ1n) is 11.1. The molecule has 1 aliphatic rings. The summed E-state index contributed by atoms with van der Waals surface area (Å²) in [5, 5.41) is 11.0. The second kappa shape index (κ2) is 9.69. The number of esters is 1. The van der Waals surface area contributed by atoms with Crippen LogP contribution in [0, 0.1) is 0 Å². The average Bonchev–Trinajstić information content (AvgIpc) is 3.41. The molecule has 1 aliphatic heterocycles. The molecule has 8 nitrogen and oxygen atoms in total. The van der Waals surface area contributed by atoms with Gasteiger partial charge in [0.05, 0.1) is 18.2 Å². The molecule has 3 aromatic heterocycles. The maximum Gasteiger partial charge on any atom is 0.305 e. The van der Waals surface area contributed by atoms with Crippen LogP contribution in [0.5, 0.6) is 0 Å². The van der Waals surface area contributed by atoms with Crippen LogP contribution >= 0.6 is 34.7 Å². The van der Waals surface area contributed by atoms with Gasteiger partial charge in [-0.25, -0.2) is 8.97 Å². The molecule has 0 fully saturated rings. The number of unbranched alkanes of at least 4 members (excludes halogenated alkanes) is 1. The van der Waals surface area contributed by atoms with Crippen molar-refractivity contribution in [3.63, 3.8) is 0 Å². The van der Waals surface area contributed by atoms with Crippen LogP contribution in [0.1, 0.15) is 29.7 Å². The number of ether oxygens (including phenoxy) is 1. The van der Waals surface area contributed by atoms with Gasteiger partial charge >= 0.3 is 5.97 Å². The number of rotatable bonds is 7. The van der Waals surface area contributed by atoms with Crippen LogP contribution < -0.4 is 5.56 Å². The Morgan fingerprint density at radius 1 is 1.24 bits per heavy atom. The van der Waals surface area contributed by atoms with Gasteiger partial charge in [-0.3, -0.25) is 9.59 Å². The summed E-state index contributed by atoms with van der Waals surface area (Å²) >= 11 is 9.34. The van der Waals surface area contributed by atoms with Gasteiger partial charge in [-0.05, 0) is 56.1 Å². The lowest BCUT2D eigenvalue weighted by atomic mass is 10.1. The van der Waals surface area contributed by atoms with Crippen LogP contribution in [0.25, 0.3) is 21.7 Å². The highest BCUT2D eigenvalue weighted by Crippen LogP contribution is 2.35. The third kappa shape index (κ3) is 4.24. The van der Waals surface area contributed by atoms with E-state index < -0.39 is 0 Å². The lowest BCUT2D eigenvalue weighted by Gasteiger charge is -2.21. The van der Waals surface area contributed by atoms with E-state index in [9.17, 15) is 9.59 Å². The minimum atomic E-state index is -0.194. The number of halogens is 1. The van der Waals surface area contributed by atoms with Gasteiger partial charge in [-0.2, -0.15) is 0 Å². The van der Waals surface area contributed by atoms with Crippen molar-refractivity contribution < 1.29 is 9.53 Å². The van der Waals surface area contributed by atoms with Crippen LogP contribution in [0.15, 0.2) is 34.2 Å². The summed E-state index contributed by atoms with van der Waals surface area (Å²) in [6.45, 7) is 1.75. The summed E-state index contributed by atoms with van der Waals surface area (Å²) in [4.78, 5) is 29.6. The largest absolute Gasteiger partial charge is 0.469 e. The molecule has 34 heavy (non-hydrogen) atoms. The smallest absolute Gasteiger partial charge is 0.305 e. The van der Waals surface area contributed by atoms with Crippen molar-refractivity contribution in [2.24, 2.45) is 0 Å². The monoisotopic (exact) mass is 517 g/mol. The average molecular weight is 518 g/mol. The molecule has 0 radical (unpaired) electrons. The summed E-state index contributed by atoms with van der Waals surface area (Å²) < 4.78 is 8.37. The number of methoxy groups -OCH3 is 1. The zero-order valence-electron chi connectivity index (χ0n) is 18.9. The van der Waals surface area contributed by atoms with Crippen LogP contribution in [0.4, 0.5) is 0 Å². The number of benzene rings is 1. The van der Waals surface area contributed by atoms with Gasteiger partial charge in [0, 0.05) is 35.2 Å². The summed E-state index contributed by atoms with van der Waals surface area (Å²) in [5.74, 6) is 1.08. The number of aromatic nitrogens is 4. The number of likely N-dealkylation sites (N-methyl/N-ethyl adjacent to an activating group) is 1. The first kappa shape index (κ1) is 23.3. The van der Waals surface area contributed by atoms with Crippen LogP contribution in [-0.2, 0) is 22.5 Å². The maximum atomic E-state index is 13.8. The summed E-state index contributed by atoms with van der Waals surface area (Å²) in [7, 11) is 3.51. The third-order valence-electron chi connectivity index (χ3n) is 5.98. The highest BCUT2D eigenvalue weighted by Gasteiger charge is 2.26. The van der Waals surface area contributed by atoms with E-state index >= 15 is 0 Å². The SMILES string of the molecule is COC(=O)CCCCSc1nnc2n(-c3ccc(Cl)cc3)c(=O)c3c4c(sc3n12)CN(C)CC4. The molecular weight excluding hydrogens is 494 g/mol. The van der Waals surface area contributed by atoms with Crippen molar-refractivity contribution in [2.75, 3.05) is 26.5 Å². The number of carbonyl (C=O) groups is 1. The minimum absolute atomic E-state index is 0.0751. The van der Waals surface area contributed by atoms with Gasteiger partial charge in [0.1, 0.15) is 4.83 Å². The van der Waals surface area contributed by atoms with E-state index in [4.69, 9.17) is 16.3 Å². The van der Waals surface area contributed by atoms with Crippen LogP contribution in [0.3, 0.4) is 0 Å². The van der Waals surface area contributed by atoms with E-state index in [1.165, 1.54) is 12.0 Å². The highest BCUT2D eigenvalue weighted by atomic mass is 35.5. The van der Waals surface area contributed by atoms with E-state index in [0.717, 1.165) is 59.0 Å². The molecule has 0 saturated carbocycles. The Hall–Kier alpha value is -2.40. The molecule has 11 heteroatoms. The third-order valence-corrected chi connectivity index (χ3v) is 8.45. The minimum Gasteiger partial charge on any atom is -0.469 e. The fourth-order valence-electron chi connectivity index (χ4n) is 4.24. The van der Waals surface area contributed by atoms with E-state index in [-0.39, 0.29) is 11.5 Å². The molecule has 178 valence electrons. The topological polar surface area (TPSA) is 81.7 Å². The summed E-state index contributed by atoms with van der Waals surface area (Å²) in [5.41, 5.74) is 1.76.